The molecule has 1 spiro atoms. The maximum absolute atomic E-state index is 7.53. The Labute approximate surface area is 511 Å². The molecule has 0 unspecified atom stereocenters. The maximum atomic E-state index is 7.53. The maximum Gasteiger partial charge on any atom is 0.145 e. The van der Waals surface area contributed by atoms with Crippen molar-refractivity contribution in [3.05, 3.63) is 266 Å². The summed E-state index contributed by atoms with van der Waals surface area (Å²) >= 11 is 1.92. The van der Waals surface area contributed by atoms with Gasteiger partial charge in [0, 0.05) is 98.7 Å². The first-order valence-corrected chi connectivity index (χ1v) is 32.1. The zero-order valence-electron chi connectivity index (χ0n) is 48.1. The highest BCUT2D eigenvalue weighted by atomic mass is 32.1. The van der Waals surface area contributed by atoms with Crippen LogP contribution in [0.3, 0.4) is 0 Å². The molecule has 0 aliphatic heterocycles. The van der Waals surface area contributed by atoms with Crippen LogP contribution < -0.4 is 9.80 Å². The zero-order chi connectivity index (χ0) is 57.3. The van der Waals surface area contributed by atoms with Crippen molar-refractivity contribution in [1.82, 2.24) is 0 Å². The van der Waals surface area contributed by atoms with Crippen molar-refractivity contribution in [1.29, 1.82) is 0 Å². The van der Waals surface area contributed by atoms with Gasteiger partial charge in [0.25, 0.3) is 0 Å². The first kappa shape index (κ1) is 49.0. The number of thiophene rings is 1. The molecule has 4 fully saturated rings. The van der Waals surface area contributed by atoms with Crippen LogP contribution in [0.15, 0.2) is 268 Å². The molecule has 4 aromatic heterocycles. The van der Waals surface area contributed by atoms with Gasteiger partial charge in [-0.25, -0.2) is 0 Å². The number of hydrogen-bond donors (Lipinski definition) is 0. The third-order valence-electron chi connectivity index (χ3n) is 21.0. The van der Waals surface area contributed by atoms with Crippen LogP contribution in [0, 0.1) is 23.7 Å². The average molecular weight is 1150 g/mol. The van der Waals surface area contributed by atoms with E-state index in [9.17, 15) is 0 Å². The minimum absolute atomic E-state index is 0.196. The summed E-state index contributed by atoms with van der Waals surface area (Å²) in [5.41, 5.74) is 22.0. The number of fused-ring (bicyclic) bond motifs is 16. The van der Waals surface area contributed by atoms with Crippen LogP contribution in [0.1, 0.15) is 43.2 Å². The fourth-order valence-corrected chi connectivity index (χ4v) is 18.8. The van der Waals surface area contributed by atoms with Crippen molar-refractivity contribution in [2.45, 2.75) is 37.5 Å². The first-order valence-electron chi connectivity index (χ1n) is 31.3. The molecule has 4 saturated carbocycles. The molecule has 16 aromatic rings. The minimum Gasteiger partial charge on any atom is -0.456 e. The average Bonchev–Trinajstić information content (AvgIpc) is 1.47. The monoisotopic (exact) mass is 1150 g/mol. The molecule has 0 atom stereocenters. The van der Waals surface area contributed by atoms with Gasteiger partial charge in [-0.3, -0.25) is 0 Å². The lowest BCUT2D eigenvalue weighted by atomic mass is 9.43. The van der Waals surface area contributed by atoms with Crippen LogP contribution in [0.25, 0.3) is 119 Å². The van der Waals surface area contributed by atoms with Crippen LogP contribution in [0.2, 0.25) is 0 Å². The van der Waals surface area contributed by atoms with E-state index < -0.39 is 0 Å². The summed E-state index contributed by atoms with van der Waals surface area (Å²) in [4.78, 5) is 4.94. The number of benzene rings is 12. The van der Waals surface area contributed by atoms with E-state index in [2.05, 4.69) is 259 Å². The molecular weight excluding hydrogens is 1090 g/mol. The lowest BCUT2D eigenvalue weighted by Crippen LogP contribution is -2.55. The van der Waals surface area contributed by atoms with E-state index >= 15 is 0 Å². The Morgan fingerprint density at radius 1 is 0.330 bits per heavy atom. The normalized spacial score (nSPS) is 19.2. The molecule has 0 radical (unpaired) electrons. The fourth-order valence-electron chi connectivity index (χ4n) is 17.6. The van der Waals surface area contributed by atoms with E-state index in [1.165, 1.54) is 96.8 Å². The summed E-state index contributed by atoms with van der Waals surface area (Å²) in [6.45, 7) is 0. The zero-order valence-corrected chi connectivity index (χ0v) is 48.9. The molecule has 88 heavy (non-hydrogen) atoms. The van der Waals surface area contributed by atoms with Gasteiger partial charge in [-0.2, -0.15) is 0 Å². The van der Waals surface area contributed by atoms with Gasteiger partial charge in [0.2, 0.25) is 0 Å². The summed E-state index contributed by atoms with van der Waals surface area (Å²) in [6.07, 6.45) is 6.42. The second-order valence-electron chi connectivity index (χ2n) is 25.5. The molecule has 5 aliphatic rings. The molecule has 0 N–H and O–H groups in total. The van der Waals surface area contributed by atoms with Gasteiger partial charge in [0.1, 0.15) is 33.5 Å². The van der Waals surface area contributed by atoms with Crippen molar-refractivity contribution in [3.63, 3.8) is 0 Å². The van der Waals surface area contributed by atoms with Gasteiger partial charge in [-0.15, -0.1) is 11.3 Å². The highest BCUT2D eigenvalue weighted by Gasteiger charge is 2.62. The van der Waals surface area contributed by atoms with Crippen molar-refractivity contribution in [2.75, 3.05) is 9.80 Å². The van der Waals surface area contributed by atoms with E-state index in [1.54, 1.807) is 0 Å². The molecule has 5 nitrogen and oxygen atoms in total. The van der Waals surface area contributed by atoms with E-state index in [1.807, 2.05) is 17.4 Å². The smallest absolute Gasteiger partial charge is 0.145 e. The van der Waals surface area contributed by atoms with Crippen LogP contribution >= 0.6 is 11.3 Å². The predicted octanol–water partition coefficient (Wildman–Crippen LogP) is 23.7. The number of para-hydroxylation sites is 3. The van der Waals surface area contributed by atoms with Gasteiger partial charge in [-0.05, 0) is 192 Å². The highest BCUT2D eigenvalue weighted by Crippen LogP contribution is 2.71. The van der Waals surface area contributed by atoms with E-state index in [0.717, 1.165) is 112 Å². The van der Waals surface area contributed by atoms with Crippen LogP contribution in [0.5, 0.6) is 0 Å². The SMILES string of the molecule is c1ccc(-c2cccc(N(c3ccc4c(c3)oc3ccccc34)c3ccc4c(c3)sc3cc5c(cc34)C3(c4cc(N(c6cccc(-c7ccccc7)c6)c6ccc7c(c6)oc6ccccc67)c6c(oc7ccccc76)c4-5)C4CC5CC(C4)CC3C5)c2)cc1. The minimum atomic E-state index is -0.196. The van der Waals surface area contributed by atoms with E-state index in [0.29, 0.717) is 11.8 Å². The molecule has 418 valence electrons. The van der Waals surface area contributed by atoms with Gasteiger partial charge < -0.3 is 23.1 Å². The summed E-state index contributed by atoms with van der Waals surface area (Å²) in [5, 5.41) is 9.37. The van der Waals surface area contributed by atoms with Crippen molar-refractivity contribution in [3.8, 4) is 33.4 Å². The fraction of sp³-hybridized carbons (Fsp3) is 0.122. The van der Waals surface area contributed by atoms with Gasteiger partial charge in [-0.1, -0.05) is 146 Å². The molecule has 4 heterocycles. The lowest BCUT2D eigenvalue weighted by Gasteiger charge is -2.61. The Morgan fingerprint density at radius 2 is 0.807 bits per heavy atom. The van der Waals surface area contributed by atoms with Crippen LogP contribution in [-0.2, 0) is 5.41 Å². The summed E-state index contributed by atoms with van der Waals surface area (Å²) in [5.74, 6) is 2.57. The second kappa shape index (κ2) is 18.4. The number of anilines is 6. The molecular formula is C82H56N2O3S. The van der Waals surface area contributed by atoms with Crippen LogP contribution in [0.4, 0.5) is 34.1 Å². The van der Waals surface area contributed by atoms with E-state index in [-0.39, 0.29) is 5.41 Å². The lowest BCUT2D eigenvalue weighted by molar-refractivity contribution is -0.0398. The Balaban J connectivity index is 0.816. The predicted molar refractivity (Wildman–Crippen MR) is 365 cm³/mol. The summed E-state index contributed by atoms with van der Waals surface area (Å²) in [7, 11) is 0. The quantitative estimate of drug-likeness (QED) is 0.152. The third kappa shape index (κ3) is 7.03. The Morgan fingerprint density at radius 3 is 1.42 bits per heavy atom. The second-order valence-corrected chi connectivity index (χ2v) is 26.6. The number of nitrogens with zero attached hydrogens (tertiary/aromatic N) is 2. The Kier molecular flexibility index (Phi) is 10.3. The van der Waals surface area contributed by atoms with Crippen molar-refractivity contribution >= 4 is 131 Å². The molecule has 6 heteroatoms. The summed E-state index contributed by atoms with van der Waals surface area (Å²) < 4.78 is 23.4. The third-order valence-corrected chi connectivity index (χ3v) is 22.1. The number of furan rings is 3. The first-order chi connectivity index (χ1) is 43.5. The molecule has 0 amide bonds. The number of hydrogen-bond acceptors (Lipinski definition) is 6. The van der Waals surface area contributed by atoms with Crippen LogP contribution in [-0.4, -0.2) is 0 Å². The van der Waals surface area contributed by atoms with E-state index in [4.69, 9.17) is 13.3 Å². The van der Waals surface area contributed by atoms with Gasteiger partial charge in [0.05, 0.1) is 11.1 Å². The number of rotatable bonds is 8. The highest BCUT2D eigenvalue weighted by molar-refractivity contribution is 7.25. The van der Waals surface area contributed by atoms with Gasteiger partial charge >= 0.3 is 0 Å². The molecule has 12 aromatic carbocycles. The summed E-state index contributed by atoms with van der Waals surface area (Å²) in [6, 6.07) is 93.8. The van der Waals surface area contributed by atoms with Gasteiger partial charge in [0.15, 0.2) is 0 Å². The Hall–Kier alpha value is -10.1. The largest absolute Gasteiger partial charge is 0.456 e. The van der Waals surface area contributed by atoms with Crippen molar-refractivity contribution < 1.29 is 13.3 Å². The molecule has 5 aliphatic carbocycles. The molecule has 4 bridgehead atoms. The van der Waals surface area contributed by atoms with Crippen molar-refractivity contribution in [2.24, 2.45) is 23.7 Å². The molecule has 0 saturated heterocycles. The Bertz CT molecular complexity index is 5540. The molecule has 21 rings (SSSR count). The topological polar surface area (TPSA) is 45.9 Å². The standard InChI is InChI=1S/C82H56N2O3S/c1-3-15-50(16-4-1)52-19-13-21-56(40-52)83(58-29-32-63-61-23-7-10-26-72(61)85-75(63)42-58)60-31-34-65-67-45-69-68(46-78(67)88-77(65)44-60)79-70(82(69)54-36-48-35-49(38-54)39-55(82)37-48)47-71(80-66-25-9-12-28-74(66)87-81(79)80)84(57-22-14-20-53(41-57)51-17-5-2-6-18-51)59-30-33-64-62-24-8-11-27-73(62)86-76(64)43-59/h1-34,40-49,54-55H,35-39H2.